The van der Waals surface area contributed by atoms with Crippen molar-refractivity contribution in [3.8, 4) is 0 Å². The molecular weight excluding hydrogens is 400 g/mol. The van der Waals surface area contributed by atoms with Gasteiger partial charge in [0.1, 0.15) is 5.82 Å². The first-order chi connectivity index (χ1) is 13.4. The number of hydrogen-bond donors (Lipinski definition) is 2. The lowest BCUT2D eigenvalue weighted by Gasteiger charge is -2.32. The van der Waals surface area contributed by atoms with Crippen LogP contribution in [-0.4, -0.2) is 30.1 Å². The molecule has 0 saturated carbocycles. The van der Waals surface area contributed by atoms with Crippen LogP contribution in [0.15, 0.2) is 42.5 Å². The van der Waals surface area contributed by atoms with Crippen molar-refractivity contribution in [3.63, 3.8) is 0 Å². The highest BCUT2D eigenvalue weighted by molar-refractivity contribution is 6.35. The Morgan fingerprint density at radius 3 is 2.54 bits per heavy atom. The number of likely N-dealkylation sites (tertiary alicyclic amines) is 1. The average Bonchev–Trinajstić information content (AvgIpc) is 2.67. The Hall–Kier alpha value is -1.82. The van der Waals surface area contributed by atoms with Crippen LogP contribution in [0.5, 0.6) is 0 Å². The number of benzene rings is 2. The van der Waals surface area contributed by atoms with Crippen LogP contribution in [0.25, 0.3) is 0 Å². The minimum atomic E-state index is -0.555. The zero-order valence-corrected chi connectivity index (χ0v) is 17.2. The van der Waals surface area contributed by atoms with Crippen molar-refractivity contribution >= 4 is 29.2 Å². The highest BCUT2D eigenvalue weighted by Crippen LogP contribution is 2.28. The molecule has 7 heteroatoms. The monoisotopic (exact) mass is 423 g/mol. The van der Waals surface area contributed by atoms with Gasteiger partial charge in [-0.2, -0.15) is 0 Å². The second-order valence-corrected chi connectivity index (χ2v) is 7.98. The molecule has 1 fully saturated rings. The van der Waals surface area contributed by atoms with E-state index >= 15 is 0 Å². The lowest BCUT2D eigenvalue weighted by molar-refractivity contribution is 0.186. The Morgan fingerprint density at radius 2 is 1.86 bits per heavy atom. The van der Waals surface area contributed by atoms with Crippen LogP contribution in [0.3, 0.4) is 0 Å². The topological polar surface area (TPSA) is 44.4 Å². The molecule has 2 N–H and O–H groups in total. The largest absolute Gasteiger partial charge is 0.335 e. The number of carbonyl (C=O) groups excluding carboxylic acids is 1. The molecule has 1 aliphatic heterocycles. The third-order valence-electron chi connectivity index (χ3n) is 5.03. The molecule has 2 amide bonds. The molecule has 1 heterocycles. The SMILES string of the molecule is CC(NC(=O)NC1CCN(Cc2ccccc2)CC1)c1cc(F)c(Cl)cc1Cl. The molecule has 0 aliphatic carbocycles. The smallest absolute Gasteiger partial charge is 0.315 e. The first-order valence-corrected chi connectivity index (χ1v) is 10.2. The molecule has 4 nitrogen and oxygen atoms in total. The second kappa shape index (κ2) is 9.59. The van der Waals surface area contributed by atoms with Gasteiger partial charge >= 0.3 is 6.03 Å². The van der Waals surface area contributed by atoms with E-state index in [4.69, 9.17) is 23.2 Å². The molecule has 2 aromatic carbocycles. The van der Waals surface area contributed by atoms with Crippen molar-refractivity contribution in [2.45, 2.75) is 38.4 Å². The summed E-state index contributed by atoms with van der Waals surface area (Å²) in [5.41, 5.74) is 1.80. The Balaban J connectivity index is 1.46. The zero-order chi connectivity index (χ0) is 20.1. The Morgan fingerprint density at radius 1 is 1.18 bits per heavy atom. The molecule has 0 radical (unpaired) electrons. The van der Waals surface area contributed by atoms with Crippen molar-refractivity contribution < 1.29 is 9.18 Å². The fourth-order valence-electron chi connectivity index (χ4n) is 3.45. The number of rotatable bonds is 5. The highest BCUT2D eigenvalue weighted by atomic mass is 35.5. The molecule has 1 aliphatic rings. The van der Waals surface area contributed by atoms with Crippen molar-refractivity contribution in [3.05, 3.63) is 69.5 Å². The minimum absolute atomic E-state index is 0.0346. The fraction of sp³-hybridized carbons (Fsp3) is 0.381. The Labute approximate surface area is 175 Å². The highest BCUT2D eigenvalue weighted by Gasteiger charge is 2.22. The summed E-state index contributed by atoms with van der Waals surface area (Å²) in [6.07, 6.45) is 1.79. The van der Waals surface area contributed by atoms with Crippen LogP contribution >= 0.6 is 23.2 Å². The van der Waals surface area contributed by atoms with E-state index in [9.17, 15) is 9.18 Å². The maximum Gasteiger partial charge on any atom is 0.315 e. The van der Waals surface area contributed by atoms with Crippen LogP contribution in [0, 0.1) is 5.82 Å². The standard InChI is InChI=1S/C21H24Cl2FN3O/c1-14(17-11-20(24)19(23)12-18(17)22)25-21(28)26-16-7-9-27(10-8-16)13-15-5-3-2-4-6-15/h2-6,11-12,14,16H,7-10,13H2,1H3,(H2,25,26,28). The van der Waals surface area contributed by atoms with Gasteiger partial charge in [0.25, 0.3) is 0 Å². The summed E-state index contributed by atoms with van der Waals surface area (Å²) in [6.45, 7) is 4.56. The van der Waals surface area contributed by atoms with Gasteiger partial charge in [0.15, 0.2) is 0 Å². The van der Waals surface area contributed by atoms with Gasteiger partial charge in [-0.25, -0.2) is 9.18 Å². The van der Waals surface area contributed by atoms with Crippen LogP contribution < -0.4 is 10.6 Å². The molecule has 0 spiro atoms. The first-order valence-electron chi connectivity index (χ1n) is 9.40. The quantitative estimate of drug-likeness (QED) is 0.652. The van der Waals surface area contributed by atoms with Gasteiger partial charge in [-0.1, -0.05) is 53.5 Å². The van der Waals surface area contributed by atoms with Gasteiger partial charge < -0.3 is 10.6 Å². The summed E-state index contributed by atoms with van der Waals surface area (Å²) < 4.78 is 13.7. The van der Waals surface area contributed by atoms with E-state index < -0.39 is 11.9 Å². The van der Waals surface area contributed by atoms with Crippen molar-refractivity contribution in [1.82, 2.24) is 15.5 Å². The van der Waals surface area contributed by atoms with Crippen molar-refractivity contribution in [2.75, 3.05) is 13.1 Å². The van der Waals surface area contributed by atoms with E-state index in [0.717, 1.165) is 32.5 Å². The molecule has 1 saturated heterocycles. The Kier molecular flexibility index (Phi) is 7.16. The van der Waals surface area contributed by atoms with E-state index in [2.05, 4.69) is 27.7 Å². The maximum absolute atomic E-state index is 13.7. The number of carbonyl (C=O) groups is 1. The molecule has 2 aromatic rings. The van der Waals surface area contributed by atoms with Gasteiger partial charge in [-0.05, 0) is 43.0 Å². The number of hydrogen-bond acceptors (Lipinski definition) is 2. The Bertz CT molecular complexity index is 811. The minimum Gasteiger partial charge on any atom is -0.335 e. The summed E-state index contributed by atoms with van der Waals surface area (Å²) in [5.74, 6) is -0.555. The lowest BCUT2D eigenvalue weighted by Crippen LogP contribution is -2.48. The summed E-state index contributed by atoms with van der Waals surface area (Å²) >= 11 is 11.9. The molecule has 0 aromatic heterocycles. The number of amides is 2. The van der Waals surface area contributed by atoms with Crippen molar-refractivity contribution in [2.24, 2.45) is 0 Å². The number of urea groups is 1. The summed E-state index contributed by atoms with van der Waals surface area (Å²) in [5, 5.41) is 6.13. The molecular formula is C21H24Cl2FN3O. The van der Waals surface area contributed by atoms with Gasteiger partial charge in [-0.3, -0.25) is 4.90 Å². The molecule has 1 atom stereocenters. The number of nitrogens with one attached hydrogen (secondary N) is 2. The first kappa shape index (κ1) is 20.9. The van der Waals surface area contributed by atoms with Crippen molar-refractivity contribution in [1.29, 1.82) is 0 Å². The molecule has 1 unspecified atom stereocenters. The zero-order valence-electron chi connectivity index (χ0n) is 15.7. The van der Waals surface area contributed by atoms with Gasteiger partial charge in [-0.15, -0.1) is 0 Å². The van der Waals surface area contributed by atoms with E-state index in [0.29, 0.717) is 10.6 Å². The lowest BCUT2D eigenvalue weighted by atomic mass is 10.0. The number of halogens is 3. The van der Waals surface area contributed by atoms with Crippen LogP contribution in [0.4, 0.5) is 9.18 Å². The molecule has 28 heavy (non-hydrogen) atoms. The van der Waals surface area contributed by atoms with Crippen LogP contribution in [0.1, 0.15) is 36.9 Å². The normalized spacial score (nSPS) is 16.6. The third kappa shape index (κ3) is 5.60. The van der Waals surface area contributed by atoms with Crippen LogP contribution in [0.2, 0.25) is 10.0 Å². The number of nitrogens with zero attached hydrogens (tertiary/aromatic N) is 1. The number of piperidine rings is 1. The molecule has 3 rings (SSSR count). The summed E-state index contributed by atoms with van der Waals surface area (Å²) in [4.78, 5) is 14.7. The summed E-state index contributed by atoms with van der Waals surface area (Å²) in [6, 6.07) is 12.4. The molecule has 0 bridgehead atoms. The fourth-order valence-corrected chi connectivity index (χ4v) is 4.00. The van der Waals surface area contributed by atoms with E-state index in [1.807, 2.05) is 18.2 Å². The maximum atomic E-state index is 13.7. The second-order valence-electron chi connectivity index (χ2n) is 7.16. The van der Waals surface area contributed by atoms with Gasteiger partial charge in [0.2, 0.25) is 0 Å². The summed E-state index contributed by atoms with van der Waals surface area (Å²) in [7, 11) is 0. The van der Waals surface area contributed by atoms with Crippen LogP contribution in [-0.2, 0) is 6.54 Å². The third-order valence-corrected chi connectivity index (χ3v) is 5.64. The predicted octanol–water partition coefficient (Wildman–Crippen LogP) is 5.16. The average molecular weight is 424 g/mol. The van der Waals surface area contributed by atoms with E-state index in [-0.39, 0.29) is 17.1 Å². The van der Waals surface area contributed by atoms with E-state index in [1.54, 1.807) is 6.92 Å². The van der Waals surface area contributed by atoms with Gasteiger partial charge in [0, 0.05) is 30.7 Å². The molecule has 150 valence electrons. The predicted molar refractivity (Wildman–Crippen MR) is 111 cm³/mol. The van der Waals surface area contributed by atoms with E-state index in [1.165, 1.54) is 17.7 Å². The van der Waals surface area contributed by atoms with Gasteiger partial charge in [0.05, 0.1) is 11.1 Å².